The largest absolute Gasteiger partial charge is 0.497 e. The lowest BCUT2D eigenvalue weighted by molar-refractivity contribution is 0.228. The van der Waals surface area contributed by atoms with E-state index < -0.39 is 6.10 Å². The van der Waals surface area contributed by atoms with Gasteiger partial charge in [0.05, 0.1) is 13.2 Å². The van der Waals surface area contributed by atoms with Gasteiger partial charge in [-0.05, 0) is 24.1 Å². The van der Waals surface area contributed by atoms with Gasteiger partial charge in [0.25, 0.3) is 0 Å². The van der Waals surface area contributed by atoms with Gasteiger partial charge in [0, 0.05) is 0 Å². The van der Waals surface area contributed by atoms with Gasteiger partial charge in [-0.3, -0.25) is 0 Å². The average Bonchev–Trinajstić information content (AvgIpc) is 2.27. The molecule has 0 bridgehead atoms. The molecule has 0 heterocycles. The van der Waals surface area contributed by atoms with Crippen LogP contribution in [0.1, 0.15) is 12.0 Å². The normalized spacial score (nSPS) is 12.7. The van der Waals surface area contributed by atoms with Crippen LogP contribution in [-0.4, -0.2) is 18.3 Å². The van der Waals surface area contributed by atoms with Gasteiger partial charge in [-0.15, -0.1) is 6.58 Å². The van der Waals surface area contributed by atoms with Crippen molar-refractivity contribution < 1.29 is 9.84 Å². The van der Waals surface area contributed by atoms with Gasteiger partial charge in [0.2, 0.25) is 0 Å². The minimum Gasteiger partial charge on any atom is -0.497 e. The Balaban J connectivity index is 2.60. The number of ether oxygens (including phenoxy) is 1. The molecule has 0 aliphatic carbocycles. The molecular formula is C13H16O2. The predicted octanol–water partition coefficient (Wildman–Crippen LogP) is 2.65. The van der Waals surface area contributed by atoms with Crippen molar-refractivity contribution in [3.05, 3.63) is 48.6 Å². The standard InChI is InChI=1S/C13H16O2/c1-3-4-12(14)8-5-11-6-9-13(15-2)10-7-11/h3,5-10,12,14H,1,4H2,2H3/b8-5+/t12-/m0/s1. The molecule has 0 aliphatic rings. The Morgan fingerprint density at radius 2 is 2.07 bits per heavy atom. The van der Waals surface area contributed by atoms with Crippen LogP contribution < -0.4 is 4.74 Å². The smallest absolute Gasteiger partial charge is 0.118 e. The van der Waals surface area contributed by atoms with Crippen molar-refractivity contribution in [2.75, 3.05) is 7.11 Å². The lowest BCUT2D eigenvalue weighted by Crippen LogP contribution is -1.98. The second-order valence-electron chi connectivity index (χ2n) is 3.22. The predicted molar refractivity (Wildman–Crippen MR) is 62.8 cm³/mol. The second kappa shape index (κ2) is 6.04. The summed E-state index contributed by atoms with van der Waals surface area (Å²) in [6.07, 6.45) is 5.46. The Labute approximate surface area is 90.5 Å². The lowest BCUT2D eigenvalue weighted by Gasteiger charge is -2.01. The summed E-state index contributed by atoms with van der Waals surface area (Å²) in [5, 5.41) is 9.43. The lowest BCUT2D eigenvalue weighted by atomic mass is 10.1. The molecule has 1 atom stereocenters. The Bertz CT molecular complexity index is 325. The van der Waals surface area contributed by atoms with Crippen molar-refractivity contribution >= 4 is 6.08 Å². The summed E-state index contributed by atoms with van der Waals surface area (Å²) in [6.45, 7) is 3.57. The molecule has 0 unspecified atom stereocenters. The fraction of sp³-hybridized carbons (Fsp3) is 0.231. The molecule has 1 rings (SSSR count). The molecule has 0 amide bonds. The number of hydrogen-bond acceptors (Lipinski definition) is 2. The zero-order chi connectivity index (χ0) is 11.1. The van der Waals surface area contributed by atoms with E-state index >= 15 is 0 Å². The molecule has 0 radical (unpaired) electrons. The van der Waals surface area contributed by atoms with Gasteiger partial charge in [-0.1, -0.05) is 30.4 Å². The number of rotatable bonds is 5. The Morgan fingerprint density at radius 3 is 2.60 bits per heavy atom. The van der Waals surface area contributed by atoms with E-state index in [9.17, 15) is 5.11 Å². The minimum absolute atomic E-state index is 0.454. The van der Waals surface area contributed by atoms with Gasteiger partial charge in [0.15, 0.2) is 0 Å². The van der Waals surface area contributed by atoms with Crippen molar-refractivity contribution in [2.45, 2.75) is 12.5 Å². The van der Waals surface area contributed by atoms with Crippen LogP contribution in [0.15, 0.2) is 43.0 Å². The Hall–Kier alpha value is -1.54. The fourth-order valence-corrected chi connectivity index (χ4v) is 1.19. The molecule has 0 aromatic heterocycles. The van der Waals surface area contributed by atoms with E-state index in [-0.39, 0.29) is 0 Å². The van der Waals surface area contributed by atoms with E-state index in [2.05, 4.69) is 6.58 Å². The zero-order valence-corrected chi connectivity index (χ0v) is 8.89. The number of benzene rings is 1. The van der Waals surface area contributed by atoms with E-state index in [1.165, 1.54) is 0 Å². The van der Waals surface area contributed by atoms with Crippen LogP contribution in [-0.2, 0) is 0 Å². The van der Waals surface area contributed by atoms with E-state index in [0.29, 0.717) is 6.42 Å². The summed E-state index contributed by atoms with van der Waals surface area (Å²) in [4.78, 5) is 0. The van der Waals surface area contributed by atoms with Crippen molar-refractivity contribution in [3.63, 3.8) is 0 Å². The number of methoxy groups -OCH3 is 1. The highest BCUT2D eigenvalue weighted by atomic mass is 16.5. The molecule has 0 aliphatic heterocycles. The molecule has 1 N–H and O–H groups in total. The highest BCUT2D eigenvalue weighted by Gasteiger charge is 1.94. The molecule has 2 heteroatoms. The second-order valence-corrected chi connectivity index (χ2v) is 3.22. The average molecular weight is 204 g/mol. The minimum atomic E-state index is -0.454. The van der Waals surface area contributed by atoms with E-state index in [1.54, 1.807) is 19.3 Å². The zero-order valence-electron chi connectivity index (χ0n) is 8.89. The van der Waals surface area contributed by atoms with Crippen LogP contribution in [0.3, 0.4) is 0 Å². The molecule has 0 spiro atoms. The summed E-state index contributed by atoms with van der Waals surface area (Å²) in [5.74, 6) is 0.832. The van der Waals surface area contributed by atoms with Gasteiger partial charge >= 0.3 is 0 Å². The topological polar surface area (TPSA) is 29.5 Å². The maximum atomic E-state index is 9.43. The highest BCUT2D eigenvalue weighted by molar-refractivity contribution is 5.51. The van der Waals surface area contributed by atoms with Gasteiger partial charge in [-0.25, -0.2) is 0 Å². The maximum Gasteiger partial charge on any atom is 0.118 e. The van der Waals surface area contributed by atoms with Crippen molar-refractivity contribution in [1.82, 2.24) is 0 Å². The number of aliphatic hydroxyl groups is 1. The first-order valence-electron chi connectivity index (χ1n) is 4.87. The van der Waals surface area contributed by atoms with Crippen LogP contribution in [0.5, 0.6) is 5.75 Å². The Kier molecular flexibility index (Phi) is 4.64. The monoisotopic (exact) mass is 204 g/mol. The molecule has 80 valence electrons. The summed E-state index contributed by atoms with van der Waals surface area (Å²) >= 11 is 0. The van der Waals surface area contributed by atoms with Crippen molar-refractivity contribution in [1.29, 1.82) is 0 Å². The molecule has 1 aromatic rings. The van der Waals surface area contributed by atoms with Crippen LogP contribution in [0, 0.1) is 0 Å². The van der Waals surface area contributed by atoms with E-state index in [0.717, 1.165) is 11.3 Å². The third kappa shape index (κ3) is 4.00. The van der Waals surface area contributed by atoms with Crippen LogP contribution in [0.4, 0.5) is 0 Å². The highest BCUT2D eigenvalue weighted by Crippen LogP contribution is 2.12. The third-order valence-corrected chi connectivity index (χ3v) is 2.03. The Morgan fingerprint density at radius 1 is 1.40 bits per heavy atom. The molecule has 0 saturated heterocycles. The fourth-order valence-electron chi connectivity index (χ4n) is 1.19. The third-order valence-electron chi connectivity index (χ3n) is 2.03. The molecule has 2 nitrogen and oxygen atoms in total. The van der Waals surface area contributed by atoms with Gasteiger partial charge < -0.3 is 9.84 Å². The first kappa shape index (κ1) is 11.5. The molecule has 15 heavy (non-hydrogen) atoms. The van der Waals surface area contributed by atoms with Gasteiger partial charge in [-0.2, -0.15) is 0 Å². The summed E-state index contributed by atoms with van der Waals surface area (Å²) in [5.41, 5.74) is 1.04. The first-order chi connectivity index (χ1) is 7.26. The molecule has 0 fully saturated rings. The van der Waals surface area contributed by atoms with Crippen LogP contribution >= 0.6 is 0 Å². The van der Waals surface area contributed by atoms with Crippen molar-refractivity contribution in [3.8, 4) is 5.75 Å². The summed E-state index contributed by atoms with van der Waals surface area (Å²) < 4.78 is 5.05. The number of hydrogen-bond donors (Lipinski definition) is 1. The molecule has 0 saturated carbocycles. The van der Waals surface area contributed by atoms with Crippen molar-refractivity contribution in [2.24, 2.45) is 0 Å². The van der Waals surface area contributed by atoms with E-state index in [4.69, 9.17) is 4.74 Å². The molecular weight excluding hydrogens is 188 g/mol. The van der Waals surface area contributed by atoms with E-state index in [1.807, 2.05) is 30.3 Å². The maximum absolute atomic E-state index is 9.43. The quantitative estimate of drug-likeness (QED) is 0.747. The number of aliphatic hydroxyl groups excluding tert-OH is 1. The first-order valence-corrected chi connectivity index (χ1v) is 4.87. The van der Waals surface area contributed by atoms with Gasteiger partial charge in [0.1, 0.15) is 5.75 Å². The summed E-state index contributed by atoms with van der Waals surface area (Å²) in [7, 11) is 1.64. The molecule has 1 aromatic carbocycles. The van der Waals surface area contributed by atoms with Crippen LogP contribution in [0.25, 0.3) is 6.08 Å². The SMILES string of the molecule is C=CC[C@H](O)/C=C/c1ccc(OC)cc1. The van der Waals surface area contributed by atoms with Crippen LogP contribution in [0.2, 0.25) is 0 Å². The summed E-state index contributed by atoms with van der Waals surface area (Å²) in [6, 6.07) is 7.66.